The summed E-state index contributed by atoms with van der Waals surface area (Å²) in [5.41, 5.74) is -0.784. The van der Waals surface area contributed by atoms with Crippen molar-refractivity contribution in [3.63, 3.8) is 0 Å². The van der Waals surface area contributed by atoms with Gasteiger partial charge in [-0.2, -0.15) is 0 Å². The third-order valence-corrected chi connectivity index (χ3v) is 14.8. The minimum Gasteiger partial charge on any atom is -0.497 e. The molecule has 0 spiro atoms. The molecule has 1 N–H and O–H groups in total. The van der Waals surface area contributed by atoms with Gasteiger partial charge in [-0.05, 0) is 127 Å². The monoisotopic (exact) mass is 900 g/mol. The van der Waals surface area contributed by atoms with Gasteiger partial charge in [0, 0.05) is 36.1 Å². The van der Waals surface area contributed by atoms with Gasteiger partial charge < -0.3 is 23.8 Å². The van der Waals surface area contributed by atoms with E-state index in [9.17, 15) is 22.8 Å². The number of sulfonamides is 1. The van der Waals surface area contributed by atoms with Crippen molar-refractivity contribution in [3.05, 3.63) is 54.7 Å². The van der Waals surface area contributed by atoms with E-state index in [2.05, 4.69) is 16.6 Å². The molecule has 7 atom stereocenters. The first-order valence-electron chi connectivity index (χ1n) is 22.9. The van der Waals surface area contributed by atoms with Crippen LogP contribution in [0.2, 0.25) is 0 Å². The van der Waals surface area contributed by atoms with Crippen molar-refractivity contribution >= 4 is 44.4 Å². The highest BCUT2D eigenvalue weighted by molar-refractivity contribution is 7.90. The Hall–Kier alpha value is -5.05. The standard InChI is InChI=1S/C49H64N4O10S/c1-9-31-20-30(4)12-10-11-13-34-25-49(34,47(57)52-64(58,59)37-16-17-37)26-42(54)41-23-36(28-53(41)46(56)39(31)24-44(55)63-48(5,6)7)62-45-38-18-15-35(60-8)21-33(38)22-40(51-45)32-14-19-43(50-27-32)61-29(2)3/h11,13-15,18-19,21-22,27,29-31,34,36-37,39,41H,9-10,12,16-17,20,23-26,28H2,1-8H3,(H,52,57)/b13-11-/t30-,31-,34-,36-,39+,41+,49-/m1/s1. The molecule has 2 aromatic heterocycles. The van der Waals surface area contributed by atoms with Gasteiger partial charge in [0.15, 0.2) is 5.78 Å². The van der Waals surface area contributed by atoms with E-state index < -0.39 is 56.2 Å². The minimum absolute atomic E-state index is 0.0109. The number of ether oxygens (including phenoxy) is 4. The molecular weight excluding hydrogens is 837 g/mol. The van der Waals surface area contributed by atoms with Crippen molar-refractivity contribution in [2.45, 2.75) is 142 Å². The summed E-state index contributed by atoms with van der Waals surface area (Å²) in [6, 6.07) is 10.1. The molecule has 2 saturated carbocycles. The number of hydrogen-bond acceptors (Lipinski definition) is 12. The van der Waals surface area contributed by atoms with Crippen LogP contribution < -0.4 is 18.9 Å². The molecule has 2 aliphatic heterocycles. The number of benzene rings is 1. The van der Waals surface area contributed by atoms with E-state index in [0.29, 0.717) is 66.8 Å². The van der Waals surface area contributed by atoms with Gasteiger partial charge >= 0.3 is 5.97 Å². The maximum atomic E-state index is 15.3. The van der Waals surface area contributed by atoms with Crippen molar-refractivity contribution in [3.8, 4) is 28.8 Å². The average molecular weight is 901 g/mol. The van der Waals surface area contributed by atoms with Crippen molar-refractivity contribution in [2.24, 2.45) is 29.1 Å². The second-order valence-electron chi connectivity index (χ2n) is 19.6. The van der Waals surface area contributed by atoms with Gasteiger partial charge in [0.25, 0.3) is 0 Å². The van der Waals surface area contributed by atoms with E-state index in [1.807, 2.05) is 63.3 Å². The van der Waals surface area contributed by atoms with Crippen molar-refractivity contribution in [2.75, 3.05) is 13.7 Å². The van der Waals surface area contributed by atoms with Crippen LogP contribution >= 0.6 is 0 Å². The first-order chi connectivity index (χ1) is 30.3. The lowest BCUT2D eigenvalue weighted by Gasteiger charge is -2.33. The molecule has 2 amide bonds. The Balaban J connectivity index is 1.27. The predicted molar refractivity (Wildman–Crippen MR) is 242 cm³/mol. The molecule has 2 aliphatic carbocycles. The number of carbonyl (C=O) groups is 4. The number of methoxy groups -OCH3 is 1. The summed E-state index contributed by atoms with van der Waals surface area (Å²) in [5.74, 6) is -1.65. The number of allylic oxidation sites excluding steroid dienone is 2. The highest BCUT2D eigenvalue weighted by Gasteiger charge is 2.61. The van der Waals surface area contributed by atoms with Crippen LogP contribution in [0.3, 0.4) is 0 Å². The Morgan fingerprint density at radius 1 is 1.05 bits per heavy atom. The SMILES string of the molecule is CC[C@@H]1C[C@H](C)CC/C=C\[C@@H]2C[C@@]2(C(=O)NS(=O)(=O)C2CC2)CC(=O)[C@@H]2C[C@@H](Oc3nc(-c4ccc(OC(C)C)nc4)cc4cc(OC)ccc34)CN2C(=O)[C@H]1CC(=O)OC(C)(C)C. The van der Waals surface area contributed by atoms with Crippen LogP contribution in [0.15, 0.2) is 54.7 Å². The number of nitrogens with zero attached hydrogens (tertiary/aromatic N) is 3. The molecule has 15 heteroatoms. The highest BCUT2D eigenvalue weighted by atomic mass is 32.2. The average Bonchev–Trinajstić information content (AvgIpc) is 4.16. The summed E-state index contributed by atoms with van der Waals surface area (Å²) < 4.78 is 52.4. The van der Waals surface area contributed by atoms with E-state index in [-0.39, 0.29) is 67.2 Å². The molecular formula is C49H64N4O10S. The molecule has 0 radical (unpaired) electrons. The van der Waals surface area contributed by atoms with Crippen LogP contribution in [0.25, 0.3) is 22.0 Å². The third kappa shape index (κ3) is 10.9. The van der Waals surface area contributed by atoms with E-state index in [4.69, 9.17) is 23.9 Å². The Labute approximate surface area is 377 Å². The number of esters is 1. The number of nitrogens with one attached hydrogen (secondary N) is 1. The molecule has 4 aliphatic rings. The maximum Gasteiger partial charge on any atom is 0.307 e. The minimum atomic E-state index is -3.89. The van der Waals surface area contributed by atoms with Gasteiger partial charge in [-0.1, -0.05) is 32.4 Å². The van der Waals surface area contributed by atoms with E-state index in [1.54, 1.807) is 45.0 Å². The Kier molecular flexibility index (Phi) is 13.8. The second-order valence-corrected chi connectivity index (χ2v) is 21.6. The summed E-state index contributed by atoms with van der Waals surface area (Å²) in [4.78, 5) is 68.9. The first-order valence-corrected chi connectivity index (χ1v) is 24.4. The van der Waals surface area contributed by atoms with Crippen molar-refractivity contribution < 1.29 is 46.5 Å². The van der Waals surface area contributed by atoms with E-state index in [1.165, 1.54) is 0 Å². The molecule has 0 unspecified atom stereocenters. The Morgan fingerprint density at radius 3 is 2.47 bits per heavy atom. The molecule has 3 aromatic rings. The lowest BCUT2D eigenvalue weighted by atomic mass is 9.79. The number of amides is 2. The number of carbonyl (C=O) groups excluding carboxylic acids is 4. The van der Waals surface area contributed by atoms with Gasteiger partial charge in [0.1, 0.15) is 17.5 Å². The van der Waals surface area contributed by atoms with Crippen molar-refractivity contribution in [1.82, 2.24) is 19.6 Å². The van der Waals surface area contributed by atoms with Crippen LogP contribution in [-0.4, -0.2) is 89.6 Å². The van der Waals surface area contributed by atoms with E-state index in [0.717, 1.165) is 11.8 Å². The molecule has 64 heavy (non-hydrogen) atoms. The maximum absolute atomic E-state index is 15.3. The number of hydrogen-bond donors (Lipinski definition) is 1. The molecule has 3 fully saturated rings. The molecule has 1 aromatic carbocycles. The van der Waals surface area contributed by atoms with Crippen LogP contribution in [0.5, 0.6) is 17.5 Å². The Morgan fingerprint density at radius 2 is 1.81 bits per heavy atom. The normalized spacial score (nSPS) is 27.2. The fourth-order valence-corrected chi connectivity index (χ4v) is 10.8. The largest absolute Gasteiger partial charge is 0.497 e. The predicted octanol–water partition coefficient (Wildman–Crippen LogP) is 7.77. The summed E-state index contributed by atoms with van der Waals surface area (Å²) in [7, 11) is -2.30. The smallest absolute Gasteiger partial charge is 0.307 e. The topological polar surface area (TPSA) is 180 Å². The van der Waals surface area contributed by atoms with Gasteiger partial charge in [-0.15, -0.1) is 0 Å². The second kappa shape index (κ2) is 18.8. The molecule has 4 heterocycles. The number of ketones is 1. The molecule has 7 rings (SSSR count). The highest BCUT2D eigenvalue weighted by Crippen LogP contribution is 2.57. The quantitative estimate of drug-likeness (QED) is 0.138. The van der Waals surface area contributed by atoms with Gasteiger partial charge in [-0.25, -0.2) is 18.4 Å². The molecule has 346 valence electrons. The van der Waals surface area contributed by atoms with Crippen LogP contribution in [0, 0.1) is 29.1 Å². The van der Waals surface area contributed by atoms with Gasteiger partial charge in [0.2, 0.25) is 33.6 Å². The lowest BCUT2D eigenvalue weighted by molar-refractivity contribution is -0.160. The fourth-order valence-electron chi connectivity index (χ4n) is 9.38. The van der Waals surface area contributed by atoms with Crippen LogP contribution in [0.4, 0.5) is 0 Å². The Bertz CT molecular complexity index is 2370. The third-order valence-electron chi connectivity index (χ3n) is 13.0. The zero-order chi connectivity index (χ0) is 46.1. The summed E-state index contributed by atoms with van der Waals surface area (Å²) >= 11 is 0. The summed E-state index contributed by atoms with van der Waals surface area (Å²) in [6.45, 7) is 13.4. The number of aromatic nitrogens is 2. The van der Waals surface area contributed by atoms with Crippen LogP contribution in [-0.2, 0) is 33.9 Å². The fraction of sp³-hybridized carbons (Fsp3) is 0.592. The zero-order valence-electron chi connectivity index (χ0n) is 38.4. The number of rotatable bonds is 12. The molecule has 0 bridgehead atoms. The number of fused-ring (bicyclic) bond motifs is 3. The molecule has 1 saturated heterocycles. The molecule has 14 nitrogen and oxygen atoms in total. The number of pyridine rings is 2. The van der Waals surface area contributed by atoms with Gasteiger partial charge in [0.05, 0.1) is 54.5 Å². The first kappa shape index (κ1) is 46.9. The summed E-state index contributed by atoms with van der Waals surface area (Å²) in [5, 5.41) is 0.844. The van der Waals surface area contributed by atoms with Crippen LogP contribution in [0.1, 0.15) is 113 Å². The van der Waals surface area contributed by atoms with Gasteiger partial charge in [-0.3, -0.25) is 23.9 Å². The summed E-state index contributed by atoms with van der Waals surface area (Å²) in [6.07, 6.45) is 8.63. The number of Topliss-reactive ketones (excluding diaryl/α,β-unsaturated/α-hetero) is 1. The lowest BCUT2D eigenvalue weighted by Crippen LogP contribution is -2.48. The van der Waals surface area contributed by atoms with E-state index >= 15 is 4.79 Å². The zero-order valence-corrected chi connectivity index (χ0v) is 39.2. The van der Waals surface area contributed by atoms with Crippen molar-refractivity contribution in [1.29, 1.82) is 0 Å².